The van der Waals surface area contributed by atoms with Crippen molar-refractivity contribution in [3.63, 3.8) is 0 Å². The van der Waals surface area contributed by atoms with Crippen molar-refractivity contribution >= 4 is 5.97 Å². The second-order valence-corrected chi connectivity index (χ2v) is 5.21. The summed E-state index contributed by atoms with van der Waals surface area (Å²) >= 11 is 0. The Morgan fingerprint density at radius 1 is 1.40 bits per heavy atom. The zero-order valence-corrected chi connectivity index (χ0v) is 10.5. The monoisotopic (exact) mass is 212 g/mol. The summed E-state index contributed by atoms with van der Waals surface area (Å²) in [6.45, 7) is 8.62. The van der Waals surface area contributed by atoms with Gasteiger partial charge in [0.05, 0.1) is 0 Å². The zero-order valence-electron chi connectivity index (χ0n) is 10.5. The molecule has 0 N–H and O–H groups in total. The largest absolute Gasteiger partial charge is 0.462 e. The van der Waals surface area contributed by atoms with E-state index in [1.165, 1.54) is 12.8 Å². The van der Waals surface area contributed by atoms with Gasteiger partial charge in [-0.05, 0) is 37.0 Å². The van der Waals surface area contributed by atoms with Crippen LogP contribution in [0.4, 0.5) is 0 Å². The molecule has 0 aromatic rings. The summed E-state index contributed by atoms with van der Waals surface area (Å²) in [4.78, 5) is 11.3. The number of hydrogen-bond acceptors (Lipinski definition) is 2. The van der Waals surface area contributed by atoms with Gasteiger partial charge in [0.2, 0.25) is 0 Å². The molecule has 0 aromatic carbocycles. The summed E-state index contributed by atoms with van der Waals surface area (Å²) in [6.07, 6.45) is 4.13. The Hall–Kier alpha value is -0.530. The lowest BCUT2D eigenvalue weighted by molar-refractivity contribution is -0.155. The number of hydrogen-bond donors (Lipinski definition) is 0. The van der Waals surface area contributed by atoms with Gasteiger partial charge in [-0.1, -0.05) is 27.7 Å². The molecule has 3 atom stereocenters. The average molecular weight is 212 g/mol. The highest BCUT2D eigenvalue weighted by Crippen LogP contribution is 2.35. The first-order valence-corrected chi connectivity index (χ1v) is 6.24. The molecule has 1 rings (SSSR count). The molecule has 1 aliphatic rings. The third-order valence-electron chi connectivity index (χ3n) is 3.52. The van der Waals surface area contributed by atoms with E-state index in [-0.39, 0.29) is 12.1 Å². The first-order valence-electron chi connectivity index (χ1n) is 6.24. The molecule has 1 saturated carbocycles. The molecule has 0 aliphatic heterocycles. The number of esters is 1. The van der Waals surface area contributed by atoms with Gasteiger partial charge in [-0.15, -0.1) is 0 Å². The highest BCUT2D eigenvalue weighted by molar-refractivity contribution is 5.69. The fraction of sp³-hybridized carbons (Fsp3) is 0.923. The molecule has 1 fully saturated rings. The number of ether oxygens (including phenoxy) is 1. The lowest BCUT2D eigenvalue weighted by Crippen LogP contribution is -2.35. The quantitative estimate of drug-likeness (QED) is 0.670. The van der Waals surface area contributed by atoms with Gasteiger partial charge in [0.15, 0.2) is 0 Å². The van der Waals surface area contributed by atoms with Crippen molar-refractivity contribution < 1.29 is 9.53 Å². The molecule has 1 aliphatic carbocycles. The maximum Gasteiger partial charge on any atom is 0.305 e. The molecule has 0 unspecified atom stereocenters. The number of carbonyl (C=O) groups is 1. The van der Waals surface area contributed by atoms with Gasteiger partial charge in [0, 0.05) is 6.42 Å². The van der Waals surface area contributed by atoms with Crippen LogP contribution in [0.15, 0.2) is 0 Å². The van der Waals surface area contributed by atoms with E-state index in [2.05, 4.69) is 20.8 Å². The highest BCUT2D eigenvalue weighted by atomic mass is 16.5. The summed E-state index contributed by atoms with van der Waals surface area (Å²) in [5.74, 6) is 1.92. The standard InChI is InChI=1S/C13H24O2/c1-5-13(14)15-12-7-6-10(4)8-11(12)9(2)3/h9-12H,5-8H2,1-4H3/t10-,11-,12+/m0/s1. The van der Waals surface area contributed by atoms with E-state index in [0.29, 0.717) is 18.3 Å². The molecule has 15 heavy (non-hydrogen) atoms. The lowest BCUT2D eigenvalue weighted by atomic mass is 9.75. The predicted octanol–water partition coefficient (Wildman–Crippen LogP) is 3.40. The smallest absolute Gasteiger partial charge is 0.305 e. The van der Waals surface area contributed by atoms with Crippen LogP contribution >= 0.6 is 0 Å². The van der Waals surface area contributed by atoms with Gasteiger partial charge in [-0.2, -0.15) is 0 Å². The van der Waals surface area contributed by atoms with Crippen LogP contribution in [0.3, 0.4) is 0 Å². The molecule has 2 heteroatoms. The summed E-state index contributed by atoms with van der Waals surface area (Å²) in [7, 11) is 0. The average Bonchev–Trinajstić information content (AvgIpc) is 2.20. The van der Waals surface area contributed by atoms with Crippen molar-refractivity contribution in [3.8, 4) is 0 Å². The van der Waals surface area contributed by atoms with E-state index >= 15 is 0 Å². The topological polar surface area (TPSA) is 26.3 Å². The third-order valence-corrected chi connectivity index (χ3v) is 3.52. The zero-order chi connectivity index (χ0) is 11.4. The molecular formula is C13H24O2. The van der Waals surface area contributed by atoms with E-state index in [1.54, 1.807) is 0 Å². The summed E-state index contributed by atoms with van der Waals surface area (Å²) in [6, 6.07) is 0. The molecule has 2 nitrogen and oxygen atoms in total. The second kappa shape index (κ2) is 5.53. The third kappa shape index (κ3) is 3.51. The van der Waals surface area contributed by atoms with E-state index in [4.69, 9.17) is 4.74 Å². The van der Waals surface area contributed by atoms with Crippen molar-refractivity contribution in [2.24, 2.45) is 17.8 Å². The molecule has 88 valence electrons. The first-order chi connectivity index (χ1) is 7.04. The SMILES string of the molecule is CCC(=O)O[C@@H]1CC[C@H](C)C[C@H]1C(C)C. The van der Waals surface area contributed by atoms with Gasteiger partial charge in [-0.25, -0.2) is 0 Å². The van der Waals surface area contributed by atoms with Crippen LogP contribution in [0, 0.1) is 17.8 Å². The van der Waals surface area contributed by atoms with Crippen LogP contribution in [0.25, 0.3) is 0 Å². The van der Waals surface area contributed by atoms with Gasteiger partial charge >= 0.3 is 5.97 Å². The Bertz CT molecular complexity index is 211. The van der Waals surface area contributed by atoms with Crippen LogP contribution < -0.4 is 0 Å². The van der Waals surface area contributed by atoms with Crippen LogP contribution in [0.2, 0.25) is 0 Å². The summed E-state index contributed by atoms with van der Waals surface area (Å²) in [5, 5.41) is 0. The van der Waals surface area contributed by atoms with Crippen molar-refractivity contribution in [3.05, 3.63) is 0 Å². The molecule has 0 bridgehead atoms. The number of carbonyl (C=O) groups excluding carboxylic acids is 1. The van der Waals surface area contributed by atoms with Crippen LogP contribution in [-0.2, 0) is 9.53 Å². The Balaban J connectivity index is 2.56. The fourth-order valence-corrected chi connectivity index (χ4v) is 2.50. The minimum atomic E-state index is -0.0415. The van der Waals surface area contributed by atoms with Gasteiger partial charge in [0.25, 0.3) is 0 Å². The molecule has 0 heterocycles. The minimum absolute atomic E-state index is 0.0415. The normalized spacial score (nSPS) is 31.7. The Kier molecular flexibility index (Phi) is 4.62. The fourth-order valence-electron chi connectivity index (χ4n) is 2.50. The Labute approximate surface area is 93.4 Å². The van der Waals surface area contributed by atoms with Gasteiger partial charge in [0.1, 0.15) is 6.10 Å². The minimum Gasteiger partial charge on any atom is -0.462 e. The van der Waals surface area contributed by atoms with Gasteiger partial charge in [-0.3, -0.25) is 4.79 Å². The first kappa shape index (κ1) is 12.5. The summed E-state index contributed by atoms with van der Waals surface area (Å²) < 4.78 is 5.52. The highest BCUT2D eigenvalue weighted by Gasteiger charge is 2.32. The van der Waals surface area contributed by atoms with Gasteiger partial charge < -0.3 is 4.74 Å². The molecule has 0 radical (unpaired) electrons. The van der Waals surface area contributed by atoms with Crippen molar-refractivity contribution in [1.29, 1.82) is 0 Å². The van der Waals surface area contributed by atoms with E-state index < -0.39 is 0 Å². The maximum absolute atomic E-state index is 11.3. The van der Waals surface area contributed by atoms with Crippen LogP contribution in [0.5, 0.6) is 0 Å². The maximum atomic E-state index is 11.3. The number of rotatable bonds is 3. The molecule has 0 amide bonds. The Morgan fingerprint density at radius 3 is 2.60 bits per heavy atom. The second-order valence-electron chi connectivity index (χ2n) is 5.21. The van der Waals surface area contributed by atoms with E-state index in [1.807, 2.05) is 6.92 Å². The van der Waals surface area contributed by atoms with Crippen LogP contribution in [0.1, 0.15) is 53.4 Å². The summed E-state index contributed by atoms with van der Waals surface area (Å²) in [5.41, 5.74) is 0. The molecule has 0 aromatic heterocycles. The van der Waals surface area contributed by atoms with Crippen LogP contribution in [-0.4, -0.2) is 12.1 Å². The predicted molar refractivity (Wildman–Crippen MR) is 61.5 cm³/mol. The van der Waals surface area contributed by atoms with Crippen molar-refractivity contribution in [2.75, 3.05) is 0 Å². The molecule has 0 spiro atoms. The van der Waals surface area contributed by atoms with E-state index in [9.17, 15) is 4.79 Å². The molecular weight excluding hydrogens is 188 g/mol. The lowest BCUT2D eigenvalue weighted by Gasteiger charge is -2.36. The van der Waals surface area contributed by atoms with E-state index in [0.717, 1.165) is 12.3 Å². The van der Waals surface area contributed by atoms with Crippen molar-refractivity contribution in [1.82, 2.24) is 0 Å². The Morgan fingerprint density at radius 2 is 2.07 bits per heavy atom. The van der Waals surface area contributed by atoms with Crippen molar-refractivity contribution in [2.45, 2.75) is 59.5 Å². The molecule has 0 saturated heterocycles.